The Kier molecular flexibility index (Phi) is 6.11. The molecule has 0 bridgehead atoms. The molecule has 1 amide bonds. The molecule has 30 heavy (non-hydrogen) atoms. The molecule has 0 saturated carbocycles. The Labute approximate surface area is 178 Å². The van der Waals surface area contributed by atoms with E-state index in [0.29, 0.717) is 24.5 Å². The summed E-state index contributed by atoms with van der Waals surface area (Å²) in [5.41, 5.74) is 4.04. The SMILES string of the molecule is COc1ccc(S(=O)(=O)N2CCCCC2)cc1NC(=O)Cc1ccc2c(c1)CCC2. The van der Waals surface area contributed by atoms with Crippen molar-refractivity contribution in [1.82, 2.24) is 4.31 Å². The lowest BCUT2D eigenvalue weighted by molar-refractivity contribution is -0.115. The number of benzene rings is 2. The van der Waals surface area contributed by atoms with Gasteiger partial charge in [0.15, 0.2) is 0 Å². The van der Waals surface area contributed by atoms with Gasteiger partial charge in [0.2, 0.25) is 15.9 Å². The molecule has 7 heteroatoms. The smallest absolute Gasteiger partial charge is 0.243 e. The van der Waals surface area contributed by atoms with Crippen LogP contribution < -0.4 is 10.1 Å². The number of methoxy groups -OCH3 is 1. The zero-order valence-corrected chi connectivity index (χ0v) is 18.1. The van der Waals surface area contributed by atoms with Gasteiger partial charge in [0.25, 0.3) is 0 Å². The third kappa shape index (κ3) is 4.37. The highest BCUT2D eigenvalue weighted by atomic mass is 32.2. The van der Waals surface area contributed by atoms with Gasteiger partial charge in [0.05, 0.1) is 24.1 Å². The summed E-state index contributed by atoms with van der Waals surface area (Å²) in [6, 6.07) is 10.9. The zero-order valence-electron chi connectivity index (χ0n) is 17.3. The standard InChI is InChI=1S/C23H28N2O4S/c1-29-22-11-10-20(30(27,28)25-12-3-2-4-13-25)16-21(22)24-23(26)15-17-8-9-18-6-5-7-19(18)14-17/h8-11,14,16H,2-7,12-13,15H2,1H3,(H,24,26). The monoisotopic (exact) mass is 428 g/mol. The first-order valence-electron chi connectivity index (χ1n) is 10.6. The van der Waals surface area contributed by atoms with Gasteiger partial charge in [0.1, 0.15) is 5.75 Å². The van der Waals surface area contributed by atoms with E-state index in [1.807, 2.05) is 6.07 Å². The minimum Gasteiger partial charge on any atom is -0.495 e. The highest BCUT2D eigenvalue weighted by Crippen LogP contribution is 2.30. The molecular formula is C23H28N2O4S. The quantitative estimate of drug-likeness (QED) is 0.764. The molecule has 2 aromatic carbocycles. The summed E-state index contributed by atoms with van der Waals surface area (Å²) in [6.07, 6.45) is 6.38. The number of hydrogen-bond acceptors (Lipinski definition) is 4. The molecule has 0 aromatic heterocycles. The van der Waals surface area contributed by atoms with Crippen LogP contribution in [0.25, 0.3) is 0 Å². The van der Waals surface area contributed by atoms with E-state index in [9.17, 15) is 13.2 Å². The average molecular weight is 429 g/mol. The number of hydrogen-bond donors (Lipinski definition) is 1. The van der Waals surface area contributed by atoms with Crippen molar-refractivity contribution in [3.63, 3.8) is 0 Å². The highest BCUT2D eigenvalue weighted by Gasteiger charge is 2.27. The van der Waals surface area contributed by atoms with E-state index in [-0.39, 0.29) is 17.2 Å². The molecule has 160 valence electrons. The van der Waals surface area contributed by atoms with Gasteiger partial charge >= 0.3 is 0 Å². The number of nitrogens with zero attached hydrogens (tertiary/aromatic N) is 1. The minimum absolute atomic E-state index is 0.179. The molecule has 1 aliphatic carbocycles. The lowest BCUT2D eigenvalue weighted by Crippen LogP contribution is -2.35. The van der Waals surface area contributed by atoms with Gasteiger partial charge in [0, 0.05) is 13.1 Å². The summed E-state index contributed by atoms with van der Waals surface area (Å²) in [5, 5.41) is 2.85. The average Bonchev–Trinajstić information content (AvgIpc) is 3.22. The van der Waals surface area contributed by atoms with Crippen molar-refractivity contribution in [1.29, 1.82) is 0 Å². The van der Waals surface area contributed by atoms with Crippen LogP contribution in [0.15, 0.2) is 41.3 Å². The third-order valence-corrected chi connectivity index (χ3v) is 7.82. The molecule has 0 radical (unpaired) electrons. The largest absolute Gasteiger partial charge is 0.495 e. The first kappa shape index (κ1) is 20.9. The Morgan fingerprint density at radius 2 is 1.77 bits per heavy atom. The van der Waals surface area contributed by atoms with Crippen LogP contribution in [0.1, 0.15) is 42.4 Å². The number of carbonyl (C=O) groups excluding carboxylic acids is 1. The van der Waals surface area contributed by atoms with Crippen LogP contribution in [0.5, 0.6) is 5.75 Å². The number of amides is 1. The van der Waals surface area contributed by atoms with E-state index in [4.69, 9.17) is 4.74 Å². The Morgan fingerprint density at radius 3 is 2.53 bits per heavy atom. The normalized spacial score (nSPS) is 16.8. The fourth-order valence-electron chi connectivity index (χ4n) is 4.31. The Bertz CT molecular complexity index is 1040. The van der Waals surface area contributed by atoms with Crippen molar-refractivity contribution in [3.05, 3.63) is 53.1 Å². The van der Waals surface area contributed by atoms with Crippen molar-refractivity contribution in [2.24, 2.45) is 0 Å². The van der Waals surface area contributed by atoms with Crippen LogP contribution in [-0.2, 0) is 34.1 Å². The van der Waals surface area contributed by atoms with Crippen LogP contribution in [-0.4, -0.2) is 38.8 Å². The molecule has 6 nitrogen and oxygen atoms in total. The molecule has 4 rings (SSSR count). The number of sulfonamides is 1. The predicted octanol–water partition coefficient (Wildman–Crippen LogP) is 3.54. The molecule has 1 saturated heterocycles. The van der Waals surface area contributed by atoms with E-state index in [0.717, 1.165) is 37.7 Å². The second kappa shape index (κ2) is 8.78. The Balaban J connectivity index is 1.52. The van der Waals surface area contributed by atoms with Gasteiger partial charge in [-0.3, -0.25) is 4.79 Å². The Morgan fingerprint density at radius 1 is 1.00 bits per heavy atom. The molecule has 1 aliphatic heterocycles. The summed E-state index contributed by atoms with van der Waals surface area (Å²) >= 11 is 0. The lowest BCUT2D eigenvalue weighted by atomic mass is 10.0. The molecule has 1 heterocycles. The van der Waals surface area contributed by atoms with Gasteiger partial charge in [-0.2, -0.15) is 4.31 Å². The zero-order chi connectivity index (χ0) is 21.1. The number of anilines is 1. The number of piperidine rings is 1. The predicted molar refractivity (Wildman–Crippen MR) is 116 cm³/mol. The highest BCUT2D eigenvalue weighted by molar-refractivity contribution is 7.89. The van der Waals surface area contributed by atoms with Crippen LogP contribution in [0, 0.1) is 0 Å². The van der Waals surface area contributed by atoms with Gasteiger partial charge < -0.3 is 10.1 Å². The maximum Gasteiger partial charge on any atom is 0.243 e. The topological polar surface area (TPSA) is 75.7 Å². The summed E-state index contributed by atoms with van der Waals surface area (Å²) in [7, 11) is -2.08. The number of ether oxygens (including phenoxy) is 1. The van der Waals surface area contributed by atoms with Gasteiger partial charge in [-0.15, -0.1) is 0 Å². The molecular weight excluding hydrogens is 400 g/mol. The number of aryl methyl sites for hydroxylation is 2. The van der Waals surface area contributed by atoms with Crippen molar-refractivity contribution in [3.8, 4) is 5.75 Å². The second-order valence-corrected chi connectivity index (χ2v) is 9.95. The molecule has 2 aromatic rings. The van der Waals surface area contributed by atoms with Crippen molar-refractivity contribution in [2.75, 3.05) is 25.5 Å². The van der Waals surface area contributed by atoms with Crippen LogP contribution >= 0.6 is 0 Å². The molecule has 1 N–H and O–H groups in total. The van der Waals surface area contributed by atoms with Crippen molar-refractivity contribution in [2.45, 2.75) is 49.8 Å². The fraction of sp³-hybridized carbons (Fsp3) is 0.435. The maximum atomic E-state index is 13.0. The summed E-state index contributed by atoms with van der Waals surface area (Å²) in [6.45, 7) is 1.07. The third-order valence-electron chi connectivity index (χ3n) is 5.93. The molecule has 0 spiro atoms. The summed E-state index contributed by atoms with van der Waals surface area (Å²) in [4.78, 5) is 12.9. The van der Waals surface area contributed by atoms with E-state index >= 15 is 0 Å². The number of nitrogens with one attached hydrogen (secondary N) is 1. The molecule has 1 fully saturated rings. The van der Waals surface area contributed by atoms with E-state index in [1.54, 1.807) is 12.1 Å². The molecule has 0 unspecified atom stereocenters. The molecule has 0 atom stereocenters. The van der Waals surface area contributed by atoms with Gasteiger partial charge in [-0.25, -0.2) is 8.42 Å². The first-order valence-corrected chi connectivity index (χ1v) is 12.0. The van der Waals surface area contributed by atoms with E-state index < -0.39 is 10.0 Å². The number of carbonyl (C=O) groups is 1. The second-order valence-electron chi connectivity index (χ2n) is 8.01. The van der Waals surface area contributed by atoms with E-state index in [2.05, 4.69) is 17.4 Å². The number of fused-ring (bicyclic) bond motifs is 1. The number of rotatable bonds is 6. The van der Waals surface area contributed by atoms with Crippen molar-refractivity contribution >= 4 is 21.6 Å². The van der Waals surface area contributed by atoms with Crippen molar-refractivity contribution < 1.29 is 17.9 Å². The van der Waals surface area contributed by atoms with Gasteiger partial charge in [-0.05, 0) is 67.0 Å². The van der Waals surface area contributed by atoms with Crippen LogP contribution in [0.3, 0.4) is 0 Å². The summed E-state index contributed by atoms with van der Waals surface area (Å²) < 4.78 is 32.9. The van der Waals surface area contributed by atoms with Crippen LogP contribution in [0.4, 0.5) is 5.69 Å². The fourth-order valence-corrected chi connectivity index (χ4v) is 5.86. The Hall–Kier alpha value is -2.38. The molecule has 2 aliphatic rings. The van der Waals surface area contributed by atoms with Gasteiger partial charge in [-0.1, -0.05) is 24.6 Å². The van der Waals surface area contributed by atoms with E-state index in [1.165, 1.54) is 35.0 Å². The summed E-state index contributed by atoms with van der Waals surface area (Å²) in [5.74, 6) is 0.244. The maximum absolute atomic E-state index is 13.0. The van der Waals surface area contributed by atoms with Crippen LogP contribution in [0.2, 0.25) is 0 Å². The minimum atomic E-state index is -3.58. The lowest BCUT2D eigenvalue weighted by Gasteiger charge is -2.26. The first-order chi connectivity index (χ1) is 14.5.